The number of benzene rings is 1. The van der Waals surface area contributed by atoms with Crippen LogP contribution >= 0.6 is 0 Å². The monoisotopic (exact) mass is 418 g/mol. The Hall–Kier alpha value is -4.40. The molecule has 0 bridgehead atoms. The molecule has 0 aliphatic carbocycles. The molecule has 3 amide bonds. The number of furan rings is 2. The SMILES string of the molecule is CN(CC(=O)NNC(=O)c1cc(-c2ccco2)nc2ccccc12)C(=O)c1ccco1. The number of amides is 3. The molecule has 9 nitrogen and oxygen atoms in total. The molecule has 9 heteroatoms. The van der Waals surface area contributed by atoms with Gasteiger partial charge in [-0.3, -0.25) is 25.2 Å². The first-order chi connectivity index (χ1) is 15.0. The smallest absolute Gasteiger partial charge is 0.289 e. The summed E-state index contributed by atoms with van der Waals surface area (Å²) < 4.78 is 10.4. The van der Waals surface area contributed by atoms with Crippen LogP contribution in [0.4, 0.5) is 0 Å². The lowest BCUT2D eigenvalue weighted by molar-refractivity contribution is -0.122. The molecule has 0 saturated carbocycles. The Kier molecular flexibility index (Phi) is 5.48. The quantitative estimate of drug-likeness (QED) is 0.481. The van der Waals surface area contributed by atoms with Crippen molar-refractivity contribution in [1.29, 1.82) is 0 Å². The molecule has 0 unspecified atom stereocenters. The number of nitrogens with zero attached hydrogens (tertiary/aromatic N) is 2. The lowest BCUT2D eigenvalue weighted by Gasteiger charge is -2.16. The average Bonchev–Trinajstić information content (AvgIpc) is 3.50. The molecule has 31 heavy (non-hydrogen) atoms. The second kappa shape index (κ2) is 8.54. The number of likely N-dealkylation sites (N-methyl/N-ethyl adjacent to an activating group) is 1. The number of aromatic nitrogens is 1. The van der Waals surface area contributed by atoms with Gasteiger partial charge in [0.05, 0.1) is 23.6 Å². The van der Waals surface area contributed by atoms with E-state index in [1.165, 1.54) is 30.5 Å². The van der Waals surface area contributed by atoms with Gasteiger partial charge in [0.15, 0.2) is 11.5 Å². The third kappa shape index (κ3) is 4.30. The molecule has 0 saturated heterocycles. The van der Waals surface area contributed by atoms with E-state index in [2.05, 4.69) is 15.8 Å². The second-order valence-electron chi connectivity index (χ2n) is 6.69. The summed E-state index contributed by atoms with van der Waals surface area (Å²) in [6.07, 6.45) is 2.89. The minimum atomic E-state index is -0.569. The van der Waals surface area contributed by atoms with Crippen molar-refractivity contribution in [1.82, 2.24) is 20.7 Å². The highest BCUT2D eigenvalue weighted by atomic mass is 16.3. The number of pyridine rings is 1. The minimum absolute atomic E-state index is 0.119. The molecule has 4 rings (SSSR count). The predicted molar refractivity (Wildman–Crippen MR) is 111 cm³/mol. The van der Waals surface area contributed by atoms with Crippen LogP contribution in [-0.4, -0.2) is 41.2 Å². The molecule has 0 atom stereocenters. The summed E-state index contributed by atoms with van der Waals surface area (Å²) in [5.74, 6) is -0.912. The number of rotatable bonds is 5. The van der Waals surface area contributed by atoms with E-state index in [1.807, 2.05) is 6.07 Å². The number of para-hydroxylation sites is 1. The van der Waals surface area contributed by atoms with E-state index in [1.54, 1.807) is 42.5 Å². The summed E-state index contributed by atoms with van der Waals surface area (Å²) in [5, 5.41) is 0.620. The standard InChI is InChI=1S/C22H18N4O5/c1-26(22(29)19-9-5-11-31-19)13-20(27)24-25-21(28)15-12-17(18-8-4-10-30-18)23-16-7-3-2-6-14(15)16/h2-12H,13H2,1H3,(H,24,27)(H,25,28). The highest BCUT2D eigenvalue weighted by molar-refractivity contribution is 6.07. The molecular weight excluding hydrogens is 400 g/mol. The summed E-state index contributed by atoms with van der Waals surface area (Å²) in [6, 6.07) is 15.3. The maximum atomic E-state index is 12.8. The van der Waals surface area contributed by atoms with Gasteiger partial charge >= 0.3 is 0 Å². The molecule has 0 aliphatic rings. The van der Waals surface area contributed by atoms with Gasteiger partial charge in [-0.1, -0.05) is 18.2 Å². The third-order valence-electron chi connectivity index (χ3n) is 4.51. The van der Waals surface area contributed by atoms with Gasteiger partial charge in [-0.05, 0) is 36.4 Å². The first-order valence-corrected chi connectivity index (χ1v) is 9.35. The first-order valence-electron chi connectivity index (χ1n) is 9.35. The number of carbonyl (C=O) groups is 3. The molecule has 0 fully saturated rings. The Morgan fingerprint density at radius 3 is 2.48 bits per heavy atom. The van der Waals surface area contributed by atoms with Gasteiger partial charge in [0, 0.05) is 12.4 Å². The van der Waals surface area contributed by atoms with E-state index in [4.69, 9.17) is 8.83 Å². The highest BCUT2D eigenvalue weighted by Crippen LogP contribution is 2.25. The fraction of sp³-hybridized carbons (Fsp3) is 0.0909. The third-order valence-corrected chi connectivity index (χ3v) is 4.51. The zero-order valence-corrected chi connectivity index (χ0v) is 16.5. The van der Waals surface area contributed by atoms with Crippen LogP contribution in [0, 0.1) is 0 Å². The fourth-order valence-corrected chi connectivity index (χ4v) is 3.02. The first kappa shape index (κ1) is 19.9. The Labute approximate surface area is 176 Å². The van der Waals surface area contributed by atoms with Gasteiger partial charge in [0.2, 0.25) is 0 Å². The van der Waals surface area contributed by atoms with Crippen molar-refractivity contribution in [3.63, 3.8) is 0 Å². The average molecular weight is 418 g/mol. The summed E-state index contributed by atoms with van der Waals surface area (Å²) in [6.45, 7) is -0.269. The Balaban J connectivity index is 1.47. The van der Waals surface area contributed by atoms with E-state index in [0.29, 0.717) is 27.9 Å². The predicted octanol–water partition coefficient (Wildman–Crippen LogP) is 2.62. The fourth-order valence-electron chi connectivity index (χ4n) is 3.02. The zero-order valence-electron chi connectivity index (χ0n) is 16.5. The van der Waals surface area contributed by atoms with Gasteiger partial charge in [-0.2, -0.15) is 0 Å². The summed E-state index contributed by atoms with van der Waals surface area (Å²) >= 11 is 0. The number of nitrogens with one attached hydrogen (secondary N) is 2. The van der Waals surface area contributed by atoms with Crippen LogP contribution in [0.25, 0.3) is 22.4 Å². The van der Waals surface area contributed by atoms with Crippen molar-refractivity contribution in [2.75, 3.05) is 13.6 Å². The number of fused-ring (bicyclic) bond motifs is 1. The lowest BCUT2D eigenvalue weighted by atomic mass is 10.1. The number of hydrazine groups is 1. The lowest BCUT2D eigenvalue weighted by Crippen LogP contribution is -2.46. The van der Waals surface area contributed by atoms with Crippen LogP contribution in [-0.2, 0) is 4.79 Å². The van der Waals surface area contributed by atoms with Crippen LogP contribution in [0.1, 0.15) is 20.9 Å². The van der Waals surface area contributed by atoms with Gasteiger partial charge in [-0.15, -0.1) is 0 Å². The number of hydrogen-bond acceptors (Lipinski definition) is 6. The molecule has 0 aliphatic heterocycles. The van der Waals surface area contributed by atoms with Crippen molar-refractivity contribution < 1.29 is 23.2 Å². The minimum Gasteiger partial charge on any atom is -0.463 e. The van der Waals surface area contributed by atoms with Gasteiger partial charge in [0.1, 0.15) is 12.2 Å². The largest absolute Gasteiger partial charge is 0.463 e. The maximum Gasteiger partial charge on any atom is 0.289 e. The van der Waals surface area contributed by atoms with Crippen LogP contribution in [0.15, 0.2) is 76.0 Å². The molecule has 2 N–H and O–H groups in total. The zero-order chi connectivity index (χ0) is 21.8. The molecule has 1 aromatic carbocycles. The molecule has 0 spiro atoms. The molecule has 156 valence electrons. The van der Waals surface area contributed by atoms with Crippen molar-refractivity contribution in [2.45, 2.75) is 0 Å². The molecular formula is C22H18N4O5. The second-order valence-corrected chi connectivity index (χ2v) is 6.69. The van der Waals surface area contributed by atoms with Gasteiger partial charge in [0.25, 0.3) is 17.7 Å². The van der Waals surface area contributed by atoms with Crippen LogP contribution in [0.5, 0.6) is 0 Å². The van der Waals surface area contributed by atoms with E-state index in [0.717, 1.165) is 0 Å². The summed E-state index contributed by atoms with van der Waals surface area (Å²) in [5.41, 5.74) is 6.12. The summed E-state index contributed by atoms with van der Waals surface area (Å²) in [7, 11) is 1.46. The number of hydrogen-bond donors (Lipinski definition) is 2. The van der Waals surface area contributed by atoms with E-state index < -0.39 is 17.7 Å². The van der Waals surface area contributed by atoms with Crippen molar-refractivity contribution in [3.8, 4) is 11.5 Å². The van der Waals surface area contributed by atoms with Crippen LogP contribution in [0.3, 0.4) is 0 Å². The molecule has 0 radical (unpaired) electrons. The highest BCUT2D eigenvalue weighted by Gasteiger charge is 2.19. The van der Waals surface area contributed by atoms with Crippen LogP contribution < -0.4 is 10.9 Å². The summed E-state index contributed by atoms with van der Waals surface area (Å²) in [4.78, 5) is 42.9. The van der Waals surface area contributed by atoms with E-state index in [9.17, 15) is 14.4 Å². The van der Waals surface area contributed by atoms with E-state index in [-0.39, 0.29) is 12.3 Å². The Bertz CT molecular complexity index is 1230. The Morgan fingerprint density at radius 2 is 1.74 bits per heavy atom. The maximum absolute atomic E-state index is 12.8. The van der Waals surface area contributed by atoms with Crippen molar-refractivity contribution in [3.05, 3.63) is 78.4 Å². The van der Waals surface area contributed by atoms with Crippen LogP contribution in [0.2, 0.25) is 0 Å². The van der Waals surface area contributed by atoms with Crippen molar-refractivity contribution >= 4 is 28.6 Å². The Morgan fingerprint density at radius 1 is 0.968 bits per heavy atom. The molecule has 3 heterocycles. The van der Waals surface area contributed by atoms with E-state index >= 15 is 0 Å². The normalized spacial score (nSPS) is 10.6. The van der Waals surface area contributed by atoms with Crippen molar-refractivity contribution in [2.24, 2.45) is 0 Å². The number of carbonyl (C=O) groups excluding carboxylic acids is 3. The molecule has 4 aromatic rings. The molecule has 3 aromatic heterocycles. The topological polar surface area (TPSA) is 118 Å². The van der Waals surface area contributed by atoms with Gasteiger partial charge < -0.3 is 13.7 Å². The van der Waals surface area contributed by atoms with Gasteiger partial charge in [-0.25, -0.2) is 4.98 Å².